The number of benzene rings is 2. The van der Waals surface area contributed by atoms with Crippen molar-refractivity contribution < 1.29 is 14.4 Å². The molecule has 0 fully saturated rings. The maximum absolute atomic E-state index is 12.7. The summed E-state index contributed by atoms with van der Waals surface area (Å²) in [7, 11) is 0. The molecule has 0 saturated heterocycles. The Morgan fingerprint density at radius 3 is 2.20 bits per heavy atom. The highest BCUT2D eigenvalue weighted by Gasteiger charge is 2.32. The maximum Gasteiger partial charge on any atom is 0.261 e. The van der Waals surface area contributed by atoms with Crippen LogP contribution in [0.25, 0.3) is 10.8 Å². The Kier molecular flexibility index (Phi) is 4.83. The number of rotatable bonds is 6. The number of amides is 3. The highest BCUT2D eigenvalue weighted by atomic mass is 16.2. The third kappa shape index (κ3) is 3.40. The lowest BCUT2D eigenvalue weighted by Crippen LogP contribution is -2.42. The molecule has 3 amide bonds. The van der Waals surface area contributed by atoms with E-state index in [2.05, 4.69) is 19.2 Å². The van der Waals surface area contributed by atoms with Gasteiger partial charge in [0.15, 0.2) is 0 Å². The van der Waals surface area contributed by atoms with E-state index in [1.807, 2.05) is 24.3 Å². The number of carbonyl (C=O) groups excluding carboxylic acids is 3. The first-order chi connectivity index (χ1) is 12.0. The number of hydrogen-bond donors (Lipinski definition) is 1. The smallest absolute Gasteiger partial charge is 0.261 e. The normalized spacial score (nSPS) is 13.6. The molecule has 5 nitrogen and oxygen atoms in total. The molecule has 1 aliphatic heterocycles. The topological polar surface area (TPSA) is 66.5 Å². The third-order valence-electron chi connectivity index (χ3n) is 4.46. The lowest BCUT2D eigenvalue weighted by atomic mass is 9.94. The van der Waals surface area contributed by atoms with Crippen LogP contribution in [0.3, 0.4) is 0 Å². The van der Waals surface area contributed by atoms with E-state index < -0.39 is 0 Å². The van der Waals surface area contributed by atoms with Gasteiger partial charge >= 0.3 is 0 Å². The molecule has 1 N–H and O–H groups in total. The van der Waals surface area contributed by atoms with Crippen molar-refractivity contribution >= 4 is 28.5 Å². The van der Waals surface area contributed by atoms with Gasteiger partial charge in [0, 0.05) is 36.0 Å². The molecule has 0 atom stereocenters. The summed E-state index contributed by atoms with van der Waals surface area (Å²) in [6.07, 6.45) is 1.02. The predicted octanol–water partition coefficient (Wildman–Crippen LogP) is 2.99. The quantitative estimate of drug-likeness (QED) is 0.824. The summed E-state index contributed by atoms with van der Waals surface area (Å²) in [4.78, 5) is 38.5. The van der Waals surface area contributed by atoms with Gasteiger partial charge in [-0.2, -0.15) is 0 Å². The largest absolute Gasteiger partial charge is 0.356 e. The zero-order valence-electron chi connectivity index (χ0n) is 14.5. The second kappa shape index (κ2) is 7.05. The van der Waals surface area contributed by atoms with Crippen LogP contribution in [0.15, 0.2) is 36.4 Å². The predicted molar refractivity (Wildman–Crippen MR) is 96.4 cm³/mol. The first-order valence-electron chi connectivity index (χ1n) is 8.63. The summed E-state index contributed by atoms with van der Waals surface area (Å²) in [6.45, 7) is 4.89. The minimum atomic E-state index is -0.329. The number of carbonyl (C=O) groups is 3. The fraction of sp³-hybridized carbons (Fsp3) is 0.350. The van der Waals surface area contributed by atoms with Gasteiger partial charge in [0.25, 0.3) is 11.8 Å². The Bertz CT molecular complexity index is 791. The van der Waals surface area contributed by atoms with E-state index in [1.54, 1.807) is 12.1 Å². The average molecular weight is 338 g/mol. The summed E-state index contributed by atoms with van der Waals surface area (Å²) >= 11 is 0. The molecule has 2 aromatic rings. The van der Waals surface area contributed by atoms with Gasteiger partial charge in [-0.3, -0.25) is 19.3 Å². The van der Waals surface area contributed by atoms with Crippen molar-refractivity contribution in [1.29, 1.82) is 0 Å². The molecule has 2 aromatic carbocycles. The number of nitrogens with zero attached hydrogens (tertiary/aromatic N) is 1. The lowest BCUT2D eigenvalue weighted by molar-refractivity contribution is -0.121. The molecule has 25 heavy (non-hydrogen) atoms. The first kappa shape index (κ1) is 17.1. The molecule has 3 rings (SSSR count). The molecule has 0 unspecified atom stereocenters. The summed E-state index contributed by atoms with van der Waals surface area (Å²) in [5.74, 6) is -0.283. The van der Waals surface area contributed by atoms with E-state index in [9.17, 15) is 14.4 Å². The minimum Gasteiger partial charge on any atom is -0.356 e. The van der Waals surface area contributed by atoms with Gasteiger partial charge in [-0.25, -0.2) is 0 Å². The van der Waals surface area contributed by atoms with E-state index in [0.29, 0.717) is 29.0 Å². The van der Waals surface area contributed by atoms with E-state index in [-0.39, 0.29) is 30.7 Å². The summed E-state index contributed by atoms with van der Waals surface area (Å²) in [5, 5.41) is 4.42. The molecule has 0 spiro atoms. The fourth-order valence-corrected chi connectivity index (χ4v) is 3.09. The van der Waals surface area contributed by atoms with Gasteiger partial charge in [-0.1, -0.05) is 38.1 Å². The van der Waals surface area contributed by atoms with Crippen LogP contribution in [-0.4, -0.2) is 35.7 Å². The Balaban J connectivity index is 1.73. The van der Waals surface area contributed by atoms with Gasteiger partial charge in [0.1, 0.15) is 0 Å². The second-order valence-electron chi connectivity index (χ2n) is 6.75. The Hall–Kier alpha value is -2.69. The third-order valence-corrected chi connectivity index (χ3v) is 4.46. The Labute approximate surface area is 147 Å². The fourth-order valence-electron chi connectivity index (χ4n) is 3.09. The highest BCUT2D eigenvalue weighted by molar-refractivity contribution is 6.25. The van der Waals surface area contributed by atoms with Gasteiger partial charge in [0.05, 0.1) is 0 Å². The minimum absolute atomic E-state index is 0.0932. The van der Waals surface area contributed by atoms with E-state index >= 15 is 0 Å². The number of imide groups is 1. The molecule has 0 aliphatic carbocycles. The molecule has 0 radical (unpaired) electrons. The highest BCUT2D eigenvalue weighted by Crippen LogP contribution is 2.29. The molecule has 0 saturated carbocycles. The Morgan fingerprint density at radius 1 is 1.04 bits per heavy atom. The van der Waals surface area contributed by atoms with Gasteiger partial charge < -0.3 is 5.32 Å². The molecule has 130 valence electrons. The van der Waals surface area contributed by atoms with E-state index in [4.69, 9.17) is 0 Å². The van der Waals surface area contributed by atoms with Crippen LogP contribution in [0, 0.1) is 5.92 Å². The number of hydrogen-bond acceptors (Lipinski definition) is 3. The van der Waals surface area contributed by atoms with Crippen LogP contribution in [-0.2, 0) is 4.79 Å². The SMILES string of the molecule is CC(C)CCNC(=O)CCN1C(=O)c2cccc3cccc(c23)C1=O. The zero-order chi connectivity index (χ0) is 18.0. The average Bonchev–Trinajstić information content (AvgIpc) is 2.59. The van der Waals surface area contributed by atoms with Gasteiger partial charge in [0.2, 0.25) is 5.91 Å². The molecule has 5 heteroatoms. The van der Waals surface area contributed by atoms with Crippen molar-refractivity contribution in [2.75, 3.05) is 13.1 Å². The Morgan fingerprint density at radius 2 is 1.64 bits per heavy atom. The lowest BCUT2D eigenvalue weighted by Gasteiger charge is -2.27. The molecule has 0 bridgehead atoms. The van der Waals surface area contributed by atoms with Crippen LogP contribution in [0.2, 0.25) is 0 Å². The molecular formula is C20H22N2O3. The summed E-state index contributed by atoms with van der Waals surface area (Å²) in [5.41, 5.74) is 1.04. The maximum atomic E-state index is 12.7. The molecular weight excluding hydrogens is 316 g/mol. The molecule has 1 aliphatic rings. The first-order valence-corrected chi connectivity index (χ1v) is 8.63. The van der Waals surface area contributed by atoms with Crippen molar-refractivity contribution in [3.05, 3.63) is 47.5 Å². The van der Waals surface area contributed by atoms with Crippen molar-refractivity contribution in [2.45, 2.75) is 26.7 Å². The standard InChI is InChI=1S/C20H22N2O3/c1-13(2)9-11-21-17(23)10-12-22-19(24)15-7-3-5-14-6-4-8-16(18(14)15)20(22)25/h3-8,13H,9-12H2,1-2H3,(H,21,23). The van der Waals surface area contributed by atoms with Crippen molar-refractivity contribution in [2.24, 2.45) is 5.92 Å². The monoisotopic (exact) mass is 338 g/mol. The van der Waals surface area contributed by atoms with Crippen LogP contribution >= 0.6 is 0 Å². The van der Waals surface area contributed by atoms with Crippen molar-refractivity contribution in [3.63, 3.8) is 0 Å². The summed E-state index contributed by atoms with van der Waals surface area (Å²) < 4.78 is 0. The number of nitrogens with one attached hydrogen (secondary N) is 1. The molecule has 0 aromatic heterocycles. The van der Waals surface area contributed by atoms with Gasteiger partial charge in [-0.05, 0) is 29.9 Å². The molecule has 1 heterocycles. The van der Waals surface area contributed by atoms with E-state index in [1.165, 1.54) is 4.90 Å². The zero-order valence-corrected chi connectivity index (χ0v) is 14.5. The second-order valence-corrected chi connectivity index (χ2v) is 6.75. The van der Waals surface area contributed by atoms with Crippen molar-refractivity contribution in [1.82, 2.24) is 10.2 Å². The summed E-state index contributed by atoms with van der Waals surface area (Å²) in [6, 6.07) is 10.9. The van der Waals surface area contributed by atoms with Crippen LogP contribution in [0.4, 0.5) is 0 Å². The van der Waals surface area contributed by atoms with Crippen LogP contribution in [0.5, 0.6) is 0 Å². The van der Waals surface area contributed by atoms with E-state index in [0.717, 1.165) is 11.8 Å². The van der Waals surface area contributed by atoms with Crippen LogP contribution < -0.4 is 5.32 Å². The van der Waals surface area contributed by atoms with Crippen molar-refractivity contribution in [3.8, 4) is 0 Å². The van der Waals surface area contributed by atoms with Crippen LogP contribution in [0.1, 0.15) is 47.4 Å². The van der Waals surface area contributed by atoms with Gasteiger partial charge in [-0.15, -0.1) is 0 Å².